The van der Waals surface area contributed by atoms with Crippen LogP contribution in [0.25, 0.3) is 0 Å². The maximum absolute atomic E-state index is 12.9. The molecular formula is C22H37NO4. The molecule has 27 heavy (non-hydrogen) atoms. The third kappa shape index (κ3) is 9.25. The zero-order valence-corrected chi connectivity index (χ0v) is 17.8. The lowest BCUT2D eigenvalue weighted by molar-refractivity contribution is 0.00308. The SMILES string of the molecule is COCC(CC(C)C)N(CCc1cccc(CCO)c1)C(=O)OC(C)(C)C. The molecule has 0 radical (unpaired) electrons. The summed E-state index contributed by atoms with van der Waals surface area (Å²) in [7, 11) is 1.67. The van der Waals surface area contributed by atoms with E-state index >= 15 is 0 Å². The number of aliphatic hydroxyl groups excluding tert-OH is 1. The first-order valence-corrected chi connectivity index (χ1v) is 9.83. The van der Waals surface area contributed by atoms with Gasteiger partial charge in [-0.2, -0.15) is 0 Å². The molecule has 0 aliphatic heterocycles. The highest BCUT2D eigenvalue weighted by molar-refractivity contribution is 5.68. The second-order valence-electron chi connectivity index (χ2n) is 8.46. The molecule has 154 valence electrons. The molecule has 0 aliphatic carbocycles. The number of rotatable bonds is 10. The highest BCUT2D eigenvalue weighted by Gasteiger charge is 2.28. The molecule has 0 spiro atoms. The van der Waals surface area contributed by atoms with Gasteiger partial charge in [-0.1, -0.05) is 38.1 Å². The maximum Gasteiger partial charge on any atom is 0.410 e. The van der Waals surface area contributed by atoms with E-state index in [0.717, 1.165) is 24.0 Å². The molecule has 0 saturated heterocycles. The van der Waals surface area contributed by atoms with Gasteiger partial charge in [0.15, 0.2) is 0 Å². The number of methoxy groups -OCH3 is 1. The van der Waals surface area contributed by atoms with Crippen LogP contribution in [-0.4, -0.2) is 54.6 Å². The van der Waals surface area contributed by atoms with Gasteiger partial charge in [-0.05, 0) is 57.1 Å². The first-order chi connectivity index (χ1) is 12.7. The van der Waals surface area contributed by atoms with Crippen LogP contribution in [0.15, 0.2) is 24.3 Å². The van der Waals surface area contributed by atoms with Gasteiger partial charge in [0.25, 0.3) is 0 Å². The molecule has 1 amide bonds. The van der Waals surface area contributed by atoms with Crippen LogP contribution in [0.2, 0.25) is 0 Å². The number of hydrogen-bond acceptors (Lipinski definition) is 4. The van der Waals surface area contributed by atoms with Crippen molar-refractivity contribution in [2.75, 3.05) is 26.9 Å². The second kappa shape index (κ2) is 11.3. The number of ether oxygens (including phenoxy) is 2. The second-order valence-corrected chi connectivity index (χ2v) is 8.46. The molecule has 1 unspecified atom stereocenters. The Balaban J connectivity index is 2.95. The predicted octanol–water partition coefficient (Wildman–Crippen LogP) is 4.06. The van der Waals surface area contributed by atoms with E-state index in [1.165, 1.54) is 0 Å². The Bertz CT molecular complexity index is 566. The summed E-state index contributed by atoms with van der Waals surface area (Å²) in [5.41, 5.74) is 1.72. The van der Waals surface area contributed by atoms with Gasteiger partial charge in [-0.3, -0.25) is 0 Å². The van der Waals surface area contributed by atoms with Gasteiger partial charge in [0, 0.05) is 20.3 Å². The monoisotopic (exact) mass is 379 g/mol. The van der Waals surface area contributed by atoms with E-state index in [4.69, 9.17) is 14.6 Å². The van der Waals surface area contributed by atoms with Crippen LogP contribution >= 0.6 is 0 Å². The molecule has 1 aromatic rings. The molecule has 5 heteroatoms. The average molecular weight is 380 g/mol. The van der Waals surface area contributed by atoms with Crippen molar-refractivity contribution in [2.45, 2.75) is 65.5 Å². The Labute approximate surface area is 164 Å². The lowest BCUT2D eigenvalue weighted by Gasteiger charge is -2.34. The van der Waals surface area contributed by atoms with Gasteiger partial charge in [-0.25, -0.2) is 4.79 Å². The zero-order chi connectivity index (χ0) is 20.4. The Kier molecular flexibility index (Phi) is 9.81. The van der Waals surface area contributed by atoms with Crippen LogP contribution in [-0.2, 0) is 22.3 Å². The Morgan fingerprint density at radius 1 is 1.19 bits per heavy atom. The summed E-state index contributed by atoms with van der Waals surface area (Å²) in [4.78, 5) is 14.7. The predicted molar refractivity (Wildman–Crippen MR) is 109 cm³/mol. The number of carbonyl (C=O) groups is 1. The normalized spacial score (nSPS) is 12.9. The highest BCUT2D eigenvalue weighted by Crippen LogP contribution is 2.18. The third-order valence-electron chi connectivity index (χ3n) is 4.20. The van der Waals surface area contributed by atoms with Crippen LogP contribution in [0.4, 0.5) is 4.79 Å². The van der Waals surface area contributed by atoms with Crippen molar-refractivity contribution in [3.05, 3.63) is 35.4 Å². The van der Waals surface area contributed by atoms with Crippen LogP contribution in [0.1, 0.15) is 52.2 Å². The van der Waals surface area contributed by atoms with E-state index in [-0.39, 0.29) is 18.7 Å². The first-order valence-electron chi connectivity index (χ1n) is 9.83. The quantitative estimate of drug-likeness (QED) is 0.666. The highest BCUT2D eigenvalue weighted by atomic mass is 16.6. The summed E-state index contributed by atoms with van der Waals surface area (Å²) >= 11 is 0. The lowest BCUT2D eigenvalue weighted by Crippen LogP contribution is -2.47. The number of hydrogen-bond donors (Lipinski definition) is 1. The van der Waals surface area contributed by atoms with Gasteiger partial charge in [0.1, 0.15) is 5.60 Å². The van der Waals surface area contributed by atoms with E-state index < -0.39 is 5.60 Å². The minimum absolute atomic E-state index is 0.0227. The summed E-state index contributed by atoms with van der Waals surface area (Å²) in [6.07, 6.45) is 1.94. The van der Waals surface area contributed by atoms with E-state index in [2.05, 4.69) is 26.0 Å². The van der Waals surface area contributed by atoms with Crippen molar-refractivity contribution < 1.29 is 19.4 Å². The molecule has 1 rings (SSSR count). The van der Waals surface area contributed by atoms with E-state index in [1.807, 2.05) is 37.8 Å². The lowest BCUT2D eigenvalue weighted by atomic mass is 10.0. The minimum Gasteiger partial charge on any atom is -0.444 e. The van der Waals surface area contributed by atoms with Crippen molar-refractivity contribution in [3.8, 4) is 0 Å². The van der Waals surface area contributed by atoms with Crippen molar-refractivity contribution in [1.29, 1.82) is 0 Å². The average Bonchev–Trinajstić information content (AvgIpc) is 2.53. The first kappa shape index (κ1) is 23.4. The number of benzene rings is 1. The number of carbonyl (C=O) groups excluding carboxylic acids is 1. The Morgan fingerprint density at radius 2 is 1.81 bits per heavy atom. The molecular weight excluding hydrogens is 342 g/mol. The maximum atomic E-state index is 12.9. The zero-order valence-electron chi connectivity index (χ0n) is 17.8. The summed E-state index contributed by atoms with van der Waals surface area (Å²) < 4.78 is 11.0. The summed E-state index contributed by atoms with van der Waals surface area (Å²) in [5.74, 6) is 0.447. The fourth-order valence-corrected chi connectivity index (χ4v) is 3.08. The molecule has 0 aromatic heterocycles. The van der Waals surface area contributed by atoms with Crippen LogP contribution < -0.4 is 0 Å². The fourth-order valence-electron chi connectivity index (χ4n) is 3.08. The van der Waals surface area contributed by atoms with Crippen molar-refractivity contribution in [3.63, 3.8) is 0 Å². The van der Waals surface area contributed by atoms with Crippen LogP contribution in [0, 0.1) is 5.92 Å². The topological polar surface area (TPSA) is 59.0 Å². The largest absolute Gasteiger partial charge is 0.444 e. The Morgan fingerprint density at radius 3 is 2.33 bits per heavy atom. The molecule has 0 fully saturated rings. The molecule has 0 heterocycles. The molecule has 0 aliphatic rings. The number of nitrogens with zero attached hydrogens (tertiary/aromatic N) is 1. The molecule has 1 aromatic carbocycles. The molecule has 1 N–H and O–H groups in total. The number of aliphatic hydroxyl groups is 1. The standard InChI is InChI=1S/C22H37NO4/c1-17(2)14-20(16-26-6)23(21(25)27-22(3,4)5)12-10-18-8-7-9-19(15-18)11-13-24/h7-9,15,17,20,24H,10-14,16H2,1-6H3. The van der Waals surface area contributed by atoms with Gasteiger partial charge >= 0.3 is 6.09 Å². The summed E-state index contributed by atoms with van der Waals surface area (Å²) in [6.45, 7) is 11.1. The van der Waals surface area contributed by atoms with Crippen molar-refractivity contribution in [1.82, 2.24) is 4.90 Å². The van der Waals surface area contributed by atoms with E-state index in [9.17, 15) is 4.79 Å². The molecule has 5 nitrogen and oxygen atoms in total. The third-order valence-corrected chi connectivity index (χ3v) is 4.20. The summed E-state index contributed by atoms with van der Waals surface area (Å²) in [6, 6.07) is 8.14. The van der Waals surface area contributed by atoms with Gasteiger partial charge in [0.05, 0.1) is 12.6 Å². The van der Waals surface area contributed by atoms with E-state index in [0.29, 0.717) is 25.5 Å². The van der Waals surface area contributed by atoms with E-state index in [1.54, 1.807) is 7.11 Å². The summed E-state index contributed by atoms with van der Waals surface area (Å²) in [5, 5.41) is 9.14. The van der Waals surface area contributed by atoms with Gasteiger partial charge < -0.3 is 19.5 Å². The van der Waals surface area contributed by atoms with Gasteiger partial charge in [-0.15, -0.1) is 0 Å². The smallest absolute Gasteiger partial charge is 0.410 e. The Hall–Kier alpha value is -1.59. The molecule has 0 bridgehead atoms. The minimum atomic E-state index is -0.536. The molecule has 0 saturated carbocycles. The van der Waals surface area contributed by atoms with Crippen molar-refractivity contribution in [2.24, 2.45) is 5.92 Å². The van der Waals surface area contributed by atoms with Crippen LogP contribution in [0.3, 0.4) is 0 Å². The number of amides is 1. The van der Waals surface area contributed by atoms with Crippen LogP contribution in [0.5, 0.6) is 0 Å². The van der Waals surface area contributed by atoms with Gasteiger partial charge in [0.2, 0.25) is 0 Å². The fraction of sp³-hybridized carbons (Fsp3) is 0.682. The van der Waals surface area contributed by atoms with Crippen molar-refractivity contribution >= 4 is 6.09 Å². The molecule has 1 atom stereocenters.